The fraction of sp³-hybridized carbons (Fsp3) is 0.464. The zero-order valence-electron chi connectivity index (χ0n) is 23.0. The molecule has 1 aromatic heterocycles. The molecule has 5 rings (SSSR count). The summed E-state index contributed by atoms with van der Waals surface area (Å²) in [6.45, 7) is -1.59. The SMILES string of the molecule is COc1ccc(-c2cc(=O)c3c(O)cc(OC4OC(CO)C(O)C(O)C4OC4OC(CO)C(O)C(O)C4O)c(O)c3o2)cc1. The molecule has 0 radical (unpaired) electrons. The molecule has 10 atom stereocenters. The van der Waals surface area contributed by atoms with Crippen LogP contribution in [0.25, 0.3) is 22.3 Å². The molecule has 16 nitrogen and oxygen atoms in total. The topological polar surface area (TPSA) is 258 Å². The molecule has 0 bridgehead atoms. The van der Waals surface area contributed by atoms with E-state index in [1.165, 1.54) is 7.11 Å². The van der Waals surface area contributed by atoms with Gasteiger partial charge in [0.15, 0.2) is 29.2 Å². The number of phenols is 2. The summed E-state index contributed by atoms with van der Waals surface area (Å²) in [4.78, 5) is 12.9. The summed E-state index contributed by atoms with van der Waals surface area (Å²) in [6.07, 6.45) is -17.3. The van der Waals surface area contributed by atoms with Gasteiger partial charge < -0.3 is 74.1 Å². The van der Waals surface area contributed by atoms with Crippen molar-refractivity contribution in [1.82, 2.24) is 0 Å². The maximum Gasteiger partial charge on any atom is 0.229 e. The lowest BCUT2D eigenvalue weighted by molar-refractivity contribution is -0.358. The van der Waals surface area contributed by atoms with Crippen LogP contribution in [0.15, 0.2) is 45.6 Å². The number of fused-ring (bicyclic) bond motifs is 1. The van der Waals surface area contributed by atoms with Crippen molar-refractivity contribution in [2.45, 2.75) is 61.4 Å². The van der Waals surface area contributed by atoms with Crippen LogP contribution in [-0.2, 0) is 14.2 Å². The smallest absolute Gasteiger partial charge is 0.229 e. The number of hydrogen-bond acceptors (Lipinski definition) is 16. The standard InChI is InChI=1S/C28H32O16/c1-39-11-4-2-10(3-5-11)14-6-12(31)18-13(32)7-15(21(35)25(18)40-14)41-28-26(23(37)20(34)17(9-30)43-28)44-27-24(38)22(36)19(33)16(8-29)42-27/h2-7,16-17,19-20,22-24,26-30,32-38H,8-9H2,1H3. The van der Waals surface area contributed by atoms with Gasteiger partial charge in [-0.2, -0.15) is 0 Å². The maximum atomic E-state index is 12.9. The van der Waals surface area contributed by atoms with E-state index in [0.717, 1.165) is 12.1 Å². The van der Waals surface area contributed by atoms with E-state index >= 15 is 0 Å². The zero-order chi connectivity index (χ0) is 31.9. The zero-order valence-corrected chi connectivity index (χ0v) is 23.0. The van der Waals surface area contributed by atoms with Crippen molar-refractivity contribution in [2.75, 3.05) is 20.3 Å². The molecule has 2 aliphatic heterocycles. The summed E-state index contributed by atoms with van der Waals surface area (Å²) in [5.41, 5.74) is -0.741. The Bertz CT molecular complexity index is 1510. The molecule has 16 heteroatoms. The monoisotopic (exact) mass is 624 g/mol. The van der Waals surface area contributed by atoms with Gasteiger partial charge in [0, 0.05) is 17.7 Å². The van der Waals surface area contributed by atoms with E-state index in [0.29, 0.717) is 11.3 Å². The molecule has 3 heterocycles. The predicted molar refractivity (Wildman–Crippen MR) is 145 cm³/mol. The van der Waals surface area contributed by atoms with Gasteiger partial charge in [0.25, 0.3) is 0 Å². The number of aliphatic hydroxyl groups is 7. The highest BCUT2D eigenvalue weighted by atomic mass is 16.8. The van der Waals surface area contributed by atoms with Crippen LogP contribution in [-0.4, -0.2) is 128 Å². The van der Waals surface area contributed by atoms with Crippen molar-refractivity contribution in [3.63, 3.8) is 0 Å². The molecular formula is C28H32O16. The Morgan fingerprint density at radius 2 is 1.41 bits per heavy atom. The van der Waals surface area contributed by atoms with E-state index in [2.05, 4.69) is 0 Å². The molecule has 0 spiro atoms. The van der Waals surface area contributed by atoms with E-state index in [-0.39, 0.29) is 11.1 Å². The van der Waals surface area contributed by atoms with Gasteiger partial charge in [-0.15, -0.1) is 0 Å². The number of methoxy groups -OCH3 is 1. The molecule has 2 saturated heterocycles. The summed E-state index contributed by atoms with van der Waals surface area (Å²) in [5.74, 6) is -1.42. The molecule has 0 saturated carbocycles. The molecule has 10 unspecified atom stereocenters. The molecule has 0 amide bonds. The van der Waals surface area contributed by atoms with Crippen LogP contribution in [0.2, 0.25) is 0 Å². The highest BCUT2D eigenvalue weighted by Gasteiger charge is 2.51. The summed E-state index contributed by atoms with van der Waals surface area (Å²) < 4.78 is 33.1. The van der Waals surface area contributed by atoms with Crippen LogP contribution in [0.1, 0.15) is 0 Å². The quantitative estimate of drug-likeness (QED) is 0.121. The molecule has 9 N–H and O–H groups in total. The van der Waals surface area contributed by atoms with Gasteiger partial charge in [-0.05, 0) is 24.3 Å². The number of aliphatic hydroxyl groups excluding tert-OH is 7. The Labute approximate surface area is 248 Å². The van der Waals surface area contributed by atoms with Crippen molar-refractivity contribution >= 4 is 11.0 Å². The van der Waals surface area contributed by atoms with Crippen molar-refractivity contribution in [2.24, 2.45) is 0 Å². The number of rotatable bonds is 8. The van der Waals surface area contributed by atoms with Crippen molar-refractivity contribution < 1.29 is 74.1 Å². The van der Waals surface area contributed by atoms with Crippen LogP contribution < -0.4 is 14.9 Å². The van der Waals surface area contributed by atoms with Gasteiger partial charge in [0.2, 0.25) is 12.0 Å². The third-order valence-corrected chi connectivity index (χ3v) is 7.50. The fourth-order valence-electron chi connectivity index (χ4n) is 5.02. The number of phenolic OH excluding ortho intramolecular Hbond substituents is 2. The van der Waals surface area contributed by atoms with Gasteiger partial charge in [0.05, 0.1) is 20.3 Å². The first kappa shape index (κ1) is 31.9. The molecule has 2 fully saturated rings. The average Bonchev–Trinajstić information content (AvgIpc) is 3.02. The molecule has 44 heavy (non-hydrogen) atoms. The Morgan fingerprint density at radius 1 is 0.795 bits per heavy atom. The third-order valence-electron chi connectivity index (χ3n) is 7.50. The minimum absolute atomic E-state index is 0.0219. The molecular weight excluding hydrogens is 592 g/mol. The molecule has 2 aromatic carbocycles. The van der Waals surface area contributed by atoms with Crippen molar-refractivity contribution in [3.05, 3.63) is 46.6 Å². The molecule has 0 aliphatic carbocycles. The molecule has 240 valence electrons. The second kappa shape index (κ2) is 12.8. The van der Waals surface area contributed by atoms with Crippen LogP contribution in [0, 0.1) is 0 Å². The predicted octanol–water partition coefficient (Wildman–Crippen LogP) is -2.12. The van der Waals surface area contributed by atoms with Crippen molar-refractivity contribution in [3.8, 4) is 34.3 Å². The highest BCUT2D eigenvalue weighted by molar-refractivity contribution is 5.91. The number of benzene rings is 2. The lowest BCUT2D eigenvalue weighted by Crippen LogP contribution is -2.65. The first-order valence-corrected chi connectivity index (χ1v) is 13.4. The first-order valence-electron chi connectivity index (χ1n) is 13.4. The lowest BCUT2D eigenvalue weighted by atomic mass is 9.97. The van der Waals surface area contributed by atoms with Gasteiger partial charge in [0.1, 0.15) is 65.4 Å². The summed E-state index contributed by atoms with van der Waals surface area (Å²) in [6, 6.07) is 8.40. The van der Waals surface area contributed by atoms with Crippen LogP contribution in [0.5, 0.6) is 23.0 Å². The van der Waals surface area contributed by atoms with Gasteiger partial charge >= 0.3 is 0 Å². The van der Waals surface area contributed by atoms with Gasteiger partial charge in [-0.25, -0.2) is 0 Å². The number of hydrogen-bond donors (Lipinski definition) is 9. The second-order valence-corrected chi connectivity index (χ2v) is 10.3. The summed E-state index contributed by atoms with van der Waals surface area (Å²) >= 11 is 0. The summed E-state index contributed by atoms with van der Waals surface area (Å²) in [7, 11) is 1.48. The first-order chi connectivity index (χ1) is 21.0. The van der Waals surface area contributed by atoms with Crippen LogP contribution >= 0.6 is 0 Å². The minimum Gasteiger partial charge on any atom is -0.507 e. The minimum atomic E-state index is -1.91. The summed E-state index contributed by atoms with van der Waals surface area (Å²) in [5, 5.41) is 92.5. The fourth-order valence-corrected chi connectivity index (χ4v) is 5.02. The Kier molecular flexibility index (Phi) is 9.28. The van der Waals surface area contributed by atoms with Gasteiger partial charge in [-0.3, -0.25) is 4.79 Å². The highest BCUT2D eigenvalue weighted by Crippen LogP contribution is 2.42. The van der Waals surface area contributed by atoms with E-state index in [1.807, 2.05) is 0 Å². The van der Waals surface area contributed by atoms with E-state index in [1.54, 1.807) is 24.3 Å². The van der Waals surface area contributed by atoms with E-state index < -0.39 is 103 Å². The van der Waals surface area contributed by atoms with Crippen LogP contribution in [0.3, 0.4) is 0 Å². The Morgan fingerprint density at radius 3 is 2.02 bits per heavy atom. The van der Waals surface area contributed by atoms with Crippen LogP contribution in [0.4, 0.5) is 0 Å². The number of aromatic hydroxyl groups is 2. The lowest BCUT2D eigenvalue weighted by Gasteiger charge is -2.45. The van der Waals surface area contributed by atoms with E-state index in [4.69, 9.17) is 28.1 Å². The third kappa shape index (κ3) is 5.80. The van der Waals surface area contributed by atoms with E-state index in [9.17, 15) is 50.8 Å². The number of ether oxygens (including phenoxy) is 5. The van der Waals surface area contributed by atoms with Gasteiger partial charge in [-0.1, -0.05) is 0 Å². The maximum absolute atomic E-state index is 12.9. The normalized spacial score (nSPS) is 32.5. The largest absolute Gasteiger partial charge is 0.507 e. The molecule has 2 aliphatic rings. The molecule has 3 aromatic rings. The average molecular weight is 625 g/mol. The van der Waals surface area contributed by atoms with Crippen molar-refractivity contribution in [1.29, 1.82) is 0 Å². The second-order valence-electron chi connectivity index (χ2n) is 10.3. The Hall–Kier alpha value is -3.55. The Balaban J connectivity index is 1.51.